The second-order valence-corrected chi connectivity index (χ2v) is 0. The molecule has 44 valence electrons. The third kappa shape index (κ3) is 46.0. The van der Waals surface area contributed by atoms with E-state index in [1.807, 2.05) is 11.6 Å². The van der Waals surface area contributed by atoms with Crippen LogP contribution in [0.2, 0.25) is 11.6 Å². The molecule has 0 fully saturated rings. The molecule has 0 atom stereocenters. The Kier molecular flexibility index (Phi) is 270. The van der Waals surface area contributed by atoms with Crippen molar-refractivity contribution in [3.8, 4) is 0 Å². The summed E-state index contributed by atoms with van der Waals surface area (Å²) in [5.41, 5.74) is 0. The van der Waals surface area contributed by atoms with Gasteiger partial charge >= 0.3 is 0 Å². The summed E-state index contributed by atoms with van der Waals surface area (Å²) in [6.45, 7) is 0. The molecule has 0 unspecified atom stereocenters. The summed E-state index contributed by atoms with van der Waals surface area (Å²) >= 11 is 4.83. The highest BCUT2D eigenvalue weighted by Gasteiger charge is 1.00. The Balaban J connectivity index is -0.00000000267. The molecule has 0 aromatic rings. The van der Waals surface area contributed by atoms with E-state index in [-0.39, 0.29) is 71.9 Å². The number of hydrogen-bond acceptors (Lipinski definition) is 0. The lowest BCUT2D eigenvalue weighted by atomic mass is 11.9. The highest BCUT2D eigenvalue weighted by atomic mass is 127. The van der Waals surface area contributed by atoms with Crippen LogP contribution in [0.3, 0.4) is 0 Å². The molecule has 0 aliphatic heterocycles. The summed E-state index contributed by atoms with van der Waals surface area (Å²) in [7, 11) is 0. The fourth-order valence-electron chi connectivity index (χ4n) is 0. The second-order valence-electron chi connectivity index (χ2n) is 0. The molecule has 4 radical (unpaired) electrons. The van der Waals surface area contributed by atoms with E-state index in [0.717, 1.165) is 0 Å². The standard InChI is InChI=1S/2CH3.2Al.3HI/h2*1H3;;;3*1H. The van der Waals surface area contributed by atoms with E-state index in [2.05, 4.69) is 32.6 Å². The highest BCUT2D eigenvalue weighted by molar-refractivity contribution is 14.0. The molecule has 0 nitrogen and oxygen atoms in total. The lowest BCUT2D eigenvalue weighted by Crippen LogP contribution is -1.13. The third-order valence-corrected chi connectivity index (χ3v) is 0. The predicted molar refractivity (Wildman–Crippen MR) is 69.5 cm³/mol. The van der Waals surface area contributed by atoms with E-state index in [4.69, 9.17) is 0 Å². The van der Waals surface area contributed by atoms with Gasteiger partial charge in [0, 0.05) is 0 Å². The molecule has 0 amide bonds. The maximum atomic E-state index is 2.42. The zero-order chi connectivity index (χ0) is 4.00. The van der Waals surface area contributed by atoms with Crippen LogP contribution in [0.15, 0.2) is 0 Å². The fourth-order valence-corrected chi connectivity index (χ4v) is 0. The summed E-state index contributed by atoms with van der Waals surface area (Å²) in [6.07, 6.45) is 0. The molecule has 5 heteroatoms. The van der Waals surface area contributed by atoms with Gasteiger partial charge in [0.1, 0.15) is 32.6 Å². The molecule has 7 heavy (non-hydrogen) atoms. The first-order valence-corrected chi connectivity index (χ1v) is 3.46. The Morgan fingerprint density at radius 3 is 0.571 bits per heavy atom. The SMILES string of the molecule is I.I.I.[CH3][Al].[CH3][Al]. The Morgan fingerprint density at radius 1 is 0.571 bits per heavy atom. The molecule has 0 aliphatic carbocycles. The van der Waals surface area contributed by atoms with Crippen molar-refractivity contribution in [3.05, 3.63) is 0 Å². The van der Waals surface area contributed by atoms with Crippen LogP contribution >= 0.6 is 71.9 Å². The highest BCUT2D eigenvalue weighted by Crippen LogP contribution is 0.963. The maximum absolute atomic E-state index is 2.42. The van der Waals surface area contributed by atoms with E-state index in [9.17, 15) is 0 Å². The average Bonchev–Trinajstić information content (AvgIpc) is 1.50. The quantitative estimate of drug-likeness (QED) is 0.379. The number of rotatable bonds is 0. The number of halogens is 3. The van der Waals surface area contributed by atoms with Gasteiger partial charge in [0.05, 0.1) is 0 Å². The van der Waals surface area contributed by atoms with E-state index < -0.39 is 0 Å². The van der Waals surface area contributed by atoms with Crippen LogP contribution < -0.4 is 0 Å². The van der Waals surface area contributed by atoms with E-state index >= 15 is 0 Å². The Morgan fingerprint density at radius 2 is 0.571 bits per heavy atom. The molecule has 0 rings (SSSR count). The summed E-state index contributed by atoms with van der Waals surface area (Å²) in [4.78, 5) is 0. The molecular formula is C2H9Al2I3. The zero-order valence-corrected chi connectivity index (χ0v) is 13.7. The first kappa shape index (κ1) is 31.8. The van der Waals surface area contributed by atoms with Crippen molar-refractivity contribution >= 4 is 105 Å². The number of hydrogen-bond donors (Lipinski definition) is 0. The Hall–Kier alpha value is 3.25. The van der Waals surface area contributed by atoms with Crippen LogP contribution in [0.5, 0.6) is 0 Å². The van der Waals surface area contributed by atoms with Crippen molar-refractivity contribution in [2.24, 2.45) is 0 Å². The van der Waals surface area contributed by atoms with Gasteiger partial charge in [-0.3, -0.25) is 0 Å². The van der Waals surface area contributed by atoms with Crippen LogP contribution in [0.25, 0.3) is 0 Å². The van der Waals surface area contributed by atoms with Crippen LogP contribution in [-0.2, 0) is 0 Å². The summed E-state index contributed by atoms with van der Waals surface area (Å²) in [6, 6.07) is 0. The van der Waals surface area contributed by atoms with E-state index in [1.165, 1.54) is 0 Å². The van der Waals surface area contributed by atoms with Crippen molar-refractivity contribution in [3.63, 3.8) is 0 Å². The van der Waals surface area contributed by atoms with Crippen molar-refractivity contribution in [2.75, 3.05) is 0 Å². The van der Waals surface area contributed by atoms with E-state index in [1.54, 1.807) is 0 Å². The Labute approximate surface area is 114 Å². The molecule has 0 aromatic heterocycles. The van der Waals surface area contributed by atoms with Gasteiger partial charge in [-0.25, -0.2) is 0 Å². The molecule has 0 bridgehead atoms. The summed E-state index contributed by atoms with van der Waals surface area (Å²) < 4.78 is 0. The average molecular weight is 468 g/mol. The minimum Gasteiger partial charge on any atom is -0.128 e. The Bertz CT molecular complexity index is 10.9. The summed E-state index contributed by atoms with van der Waals surface area (Å²) in [5.74, 6) is 3.83. The van der Waals surface area contributed by atoms with Crippen molar-refractivity contribution in [1.29, 1.82) is 0 Å². The van der Waals surface area contributed by atoms with Crippen molar-refractivity contribution in [1.82, 2.24) is 0 Å². The van der Waals surface area contributed by atoms with Gasteiger partial charge in [0.25, 0.3) is 0 Å². The smallest absolute Gasteiger partial charge is 0.112 e. The second kappa shape index (κ2) is 59.5. The van der Waals surface area contributed by atoms with Crippen LogP contribution in [0, 0.1) is 0 Å². The molecule has 0 spiro atoms. The maximum Gasteiger partial charge on any atom is 0.112 e. The van der Waals surface area contributed by atoms with Crippen LogP contribution in [-0.4, -0.2) is 32.6 Å². The minimum atomic E-state index is 0. The molecule has 0 aliphatic rings. The molecule has 0 heterocycles. The van der Waals surface area contributed by atoms with Crippen LogP contribution in [0.1, 0.15) is 0 Å². The van der Waals surface area contributed by atoms with Gasteiger partial charge < -0.3 is 0 Å². The predicted octanol–water partition coefficient (Wildman–Crippen LogP) is 2.26. The normalized spacial score (nSPS) is 1.43. The molecule has 0 N–H and O–H groups in total. The first-order chi connectivity index (χ1) is 2.00. The third-order valence-electron chi connectivity index (χ3n) is 0. The lowest BCUT2D eigenvalue weighted by molar-refractivity contribution is 2.39. The van der Waals surface area contributed by atoms with Gasteiger partial charge in [-0.05, 0) is 0 Å². The largest absolute Gasteiger partial charge is 0.128 e. The fraction of sp³-hybridized carbons (Fsp3) is 1.00. The minimum absolute atomic E-state index is 0. The van der Waals surface area contributed by atoms with Gasteiger partial charge in [0.2, 0.25) is 0 Å². The van der Waals surface area contributed by atoms with Gasteiger partial charge in [-0.15, -0.1) is 83.5 Å². The zero-order valence-electron chi connectivity index (χ0n) is 4.38. The van der Waals surface area contributed by atoms with Gasteiger partial charge in [-0.1, -0.05) is 0 Å². The molecule has 0 aromatic carbocycles. The first-order valence-electron chi connectivity index (χ1n) is 1.15. The van der Waals surface area contributed by atoms with E-state index in [0.29, 0.717) is 0 Å². The molecular weight excluding hydrogens is 459 g/mol. The monoisotopic (exact) mass is 468 g/mol. The summed E-state index contributed by atoms with van der Waals surface area (Å²) in [5, 5.41) is 0. The van der Waals surface area contributed by atoms with Crippen molar-refractivity contribution < 1.29 is 0 Å². The van der Waals surface area contributed by atoms with Gasteiger partial charge in [0.15, 0.2) is 0 Å². The molecule has 0 saturated carbocycles. The van der Waals surface area contributed by atoms with Crippen LogP contribution in [0.4, 0.5) is 0 Å². The lowest BCUT2D eigenvalue weighted by Gasteiger charge is -1.02. The van der Waals surface area contributed by atoms with Gasteiger partial charge in [-0.2, -0.15) is 0 Å². The topological polar surface area (TPSA) is 0 Å². The van der Waals surface area contributed by atoms with Crippen molar-refractivity contribution in [2.45, 2.75) is 11.6 Å². The molecule has 0 saturated heterocycles.